The second-order valence-corrected chi connectivity index (χ2v) is 4.36. The lowest BCUT2D eigenvalue weighted by Gasteiger charge is -2.02. The fourth-order valence-electron chi connectivity index (χ4n) is 1.89. The fraction of sp³-hybridized carbons (Fsp3) is 0.0714. The zero-order chi connectivity index (χ0) is 12.5. The number of aromatic nitrogens is 2. The van der Waals surface area contributed by atoms with Gasteiger partial charge in [-0.2, -0.15) is 5.10 Å². The van der Waals surface area contributed by atoms with E-state index in [-0.39, 0.29) is 0 Å². The summed E-state index contributed by atoms with van der Waals surface area (Å²) >= 11 is 6.16. The fourth-order valence-corrected chi connectivity index (χ4v) is 2.11. The Morgan fingerprint density at radius 2 is 2.00 bits per heavy atom. The molecule has 0 aliphatic rings. The van der Waals surface area contributed by atoms with Crippen LogP contribution in [0.2, 0.25) is 5.02 Å². The van der Waals surface area contributed by atoms with Crippen molar-refractivity contribution in [2.45, 2.75) is 0 Å². The van der Waals surface area contributed by atoms with Gasteiger partial charge in [0.2, 0.25) is 0 Å². The summed E-state index contributed by atoms with van der Waals surface area (Å²) in [5.74, 6) is 0.821. The number of benzene rings is 2. The molecule has 90 valence electrons. The lowest BCUT2D eigenvalue weighted by molar-refractivity contribution is 0.415. The standard InChI is InChI=1S/C14H11ClN2O/c1-18-11-6-7-13-10(8-11)9-17(16-13)14-5-3-2-4-12(14)15/h2-9H,1H3. The van der Waals surface area contributed by atoms with Gasteiger partial charge >= 0.3 is 0 Å². The van der Waals surface area contributed by atoms with Crippen LogP contribution in [-0.4, -0.2) is 16.9 Å². The summed E-state index contributed by atoms with van der Waals surface area (Å²) in [6, 6.07) is 13.4. The molecule has 0 radical (unpaired) electrons. The van der Waals surface area contributed by atoms with E-state index in [0.717, 1.165) is 22.3 Å². The monoisotopic (exact) mass is 258 g/mol. The van der Waals surface area contributed by atoms with Gasteiger partial charge in [0, 0.05) is 11.6 Å². The number of rotatable bonds is 2. The molecule has 0 saturated heterocycles. The highest BCUT2D eigenvalue weighted by Crippen LogP contribution is 2.24. The lowest BCUT2D eigenvalue weighted by Crippen LogP contribution is -1.94. The number of ether oxygens (including phenoxy) is 1. The molecule has 0 spiro atoms. The first kappa shape index (κ1) is 11.1. The zero-order valence-corrected chi connectivity index (χ0v) is 10.6. The Kier molecular flexibility index (Phi) is 2.68. The van der Waals surface area contributed by atoms with E-state index in [1.165, 1.54) is 0 Å². The maximum atomic E-state index is 6.16. The number of halogens is 1. The molecule has 0 bridgehead atoms. The Hall–Kier alpha value is -2.00. The van der Waals surface area contributed by atoms with Gasteiger partial charge in [0.1, 0.15) is 5.75 Å². The van der Waals surface area contributed by atoms with Crippen LogP contribution in [0.3, 0.4) is 0 Å². The normalized spacial score (nSPS) is 10.8. The topological polar surface area (TPSA) is 27.1 Å². The summed E-state index contributed by atoms with van der Waals surface area (Å²) in [6.45, 7) is 0. The molecule has 1 aromatic heterocycles. The molecule has 3 rings (SSSR count). The molecular weight excluding hydrogens is 248 g/mol. The van der Waals surface area contributed by atoms with E-state index in [0.29, 0.717) is 5.02 Å². The van der Waals surface area contributed by atoms with E-state index in [2.05, 4.69) is 5.10 Å². The molecule has 0 aliphatic carbocycles. The largest absolute Gasteiger partial charge is 0.497 e. The van der Waals surface area contributed by atoms with Gasteiger partial charge in [-0.1, -0.05) is 23.7 Å². The maximum absolute atomic E-state index is 6.16. The van der Waals surface area contributed by atoms with Crippen molar-refractivity contribution in [1.82, 2.24) is 9.78 Å². The van der Waals surface area contributed by atoms with Crippen LogP contribution in [0, 0.1) is 0 Å². The van der Waals surface area contributed by atoms with Gasteiger partial charge in [0.05, 0.1) is 23.3 Å². The predicted octanol–water partition coefficient (Wildman–Crippen LogP) is 3.69. The highest BCUT2D eigenvalue weighted by molar-refractivity contribution is 6.32. The zero-order valence-electron chi connectivity index (χ0n) is 9.80. The maximum Gasteiger partial charge on any atom is 0.119 e. The van der Waals surface area contributed by atoms with Crippen molar-refractivity contribution in [1.29, 1.82) is 0 Å². The average molecular weight is 259 g/mol. The summed E-state index contributed by atoms with van der Waals surface area (Å²) in [4.78, 5) is 0. The molecule has 0 atom stereocenters. The first-order valence-corrected chi connectivity index (χ1v) is 5.94. The number of para-hydroxylation sites is 1. The Bertz CT molecular complexity index is 706. The number of hydrogen-bond donors (Lipinski definition) is 0. The third kappa shape index (κ3) is 1.83. The molecule has 18 heavy (non-hydrogen) atoms. The molecule has 0 saturated carbocycles. The number of nitrogens with zero attached hydrogens (tertiary/aromatic N) is 2. The van der Waals surface area contributed by atoms with Crippen LogP contribution in [0.15, 0.2) is 48.7 Å². The molecule has 0 unspecified atom stereocenters. The quantitative estimate of drug-likeness (QED) is 0.701. The van der Waals surface area contributed by atoms with Crippen molar-refractivity contribution in [3.8, 4) is 11.4 Å². The van der Waals surface area contributed by atoms with Crippen molar-refractivity contribution < 1.29 is 4.74 Å². The predicted molar refractivity (Wildman–Crippen MR) is 72.6 cm³/mol. The van der Waals surface area contributed by atoms with E-state index in [1.54, 1.807) is 11.8 Å². The molecule has 4 heteroatoms. The lowest BCUT2D eigenvalue weighted by atomic mass is 10.2. The van der Waals surface area contributed by atoms with Crippen LogP contribution in [0.25, 0.3) is 16.6 Å². The SMILES string of the molecule is COc1ccc2nn(-c3ccccc3Cl)cc2c1. The van der Waals surface area contributed by atoms with Gasteiger partial charge in [-0.05, 0) is 30.3 Å². The second-order valence-electron chi connectivity index (χ2n) is 3.95. The summed E-state index contributed by atoms with van der Waals surface area (Å²) < 4.78 is 6.98. The van der Waals surface area contributed by atoms with Crippen LogP contribution in [-0.2, 0) is 0 Å². The third-order valence-electron chi connectivity index (χ3n) is 2.81. The van der Waals surface area contributed by atoms with Gasteiger partial charge in [-0.25, -0.2) is 4.68 Å². The molecule has 3 nitrogen and oxygen atoms in total. The average Bonchev–Trinajstić information content (AvgIpc) is 2.81. The molecule has 2 aromatic carbocycles. The summed E-state index contributed by atoms with van der Waals surface area (Å²) in [5, 5.41) is 6.20. The van der Waals surface area contributed by atoms with E-state index in [9.17, 15) is 0 Å². The molecular formula is C14H11ClN2O. The number of methoxy groups -OCH3 is 1. The minimum atomic E-state index is 0.678. The second kappa shape index (κ2) is 4.35. The van der Waals surface area contributed by atoms with Crippen LogP contribution in [0.5, 0.6) is 5.75 Å². The van der Waals surface area contributed by atoms with E-state index in [1.807, 2.05) is 48.7 Å². The van der Waals surface area contributed by atoms with Crippen molar-refractivity contribution in [3.05, 3.63) is 53.7 Å². The van der Waals surface area contributed by atoms with Gasteiger partial charge in [0.15, 0.2) is 0 Å². The van der Waals surface area contributed by atoms with Gasteiger partial charge in [0.25, 0.3) is 0 Å². The molecule has 3 aromatic rings. The van der Waals surface area contributed by atoms with Gasteiger partial charge < -0.3 is 4.74 Å². The van der Waals surface area contributed by atoms with Gasteiger partial charge in [-0.15, -0.1) is 0 Å². The van der Waals surface area contributed by atoms with Crippen LogP contribution < -0.4 is 4.74 Å². The molecule has 1 heterocycles. The molecule has 0 amide bonds. The number of fused-ring (bicyclic) bond motifs is 1. The minimum Gasteiger partial charge on any atom is -0.497 e. The van der Waals surface area contributed by atoms with Crippen molar-refractivity contribution >= 4 is 22.5 Å². The molecule has 0 fully saturated rings. The summed E-state index contributed by atoms with van der Waals surface area (Å²) in [7, 11) is 1.65. The molecule has 0 aliphatic heterocycles. The van der Waals surface area contributed by atoms with E-state index in [4.69, 9.17) is 16.3 Å². The smallest absolute Gasteiger partial charge is 0.119 e. The first-order valence-electron chi connectivity index (χ1n) is 5.56. The summed E-state index contributed by atoms with van der Waals surface area (Å²) in [6.07, 6.45) is 1.94. The van der Waals surface area contributed by atoms with Crippen LogP contribution >= 0.6 is 11.6 Å². The van der Waals surface area contributed by atoms with E-state index >= 15 is 0 Å². The van der Waals surface area contributed by atoms with Crippen molar-refractivity contribution in [2.75, 3.05) is 7.11 Å². The third-order valence-corrected chi connectivity index (χ3v) is 3.13. The number of hydrogen-bond acceptors (Lipinski definition) is 2. The Balaban J connectivity index is 2.17. The minimum absolute atomic E-state index is 0.678. The first-order chi connectivity index (χ1) is 8.78. The van der Waals surface area contributed by atoms with Crippen molar-refractivity contribution in [3.63, 3.8) is 0 Å². The van der Waals surface area contributed by atoms with E-state index < -0.39 is 0 Å². The Morgan fingerprint density at radius 3 is 2.78 bits per heavy atom. The molecule has 0 N–H and O–H groups in total. The Morgan fingerprint density at radius 1 is 1.17 bits per heavy atom. The highest BCUT2D eigenvalue weighted by Gasteiger charge is 2.06. The van der Waals surface area contributed by atoms with Crippen LogP contribution in [0.4, 0.5) is 0 Å². The highest BCUT2D eigenvalue weighted by atomic mass is 35.5. The van der Waals surface area contributed by atoms with Crippen LogP contribution in [0.1, 0.15) is 0 Å². The summed E-state index contributed by atoms with van der Waals surface area (Å²) in [5.41, 5.74) is 1.78. The van der Waals surface area contributed by atoms with Gasteiger partial charge in [-0.3, -0.25) is 0 Å². The van der Waals surface area contributed by atoms with Crippen molar-refractivity contribution in [2.24, 2.45) is 0 Å². The Labute approximate surface area is 110 Å².